The lowest BCUT2D eigenvalue weighted by atomic mass is 10.1. The van der Waals surface area contributed by atoms with Gasteiger partial charge < -0.3 is 10.1 Å². The third kappa shape index (κ3) is 1.27. The van der Waals surface area contributed by atoms with E-state index < -0.39 is 5.97 Å². The van der Waals surface area contributed by atoms with Gasteiger partial charge in [-0.3, -0.25) is 0 Å². The second kappa shape index (κ2) is 2.78. The molecule has 1 aromatic rings. The Morgan fingerprint density at radius 2 is 2.36 bits per heavy atom. The molecule has 3 heteroatoms. The number of rotatable bonds is 2. The molecule has 0 radical (unpaired) electrons. The number of carbonyl (C=O) groups is 1. The fourth-order valence-electron chi connectivity index (χ4n) is 1.13. The number of carboxylic acid groups (broad SMARTS) is 1. The van der Waals surface area contributed by atoms with Crippen molar-refractivity contribution in [2.45, 2.75) is 20.3 Å². The van der Waals surface area contributed by atoms with E-state index in [0.717, 1.165) is 17.7 Å². The Morgan fingerprint density at radius 3 is 2.64 bits per heavy atom. The summed E-state index contributed by atoms with van der Waals surface area (Å²) in [4.78, 5) is 13.5. The standard InChI is InChI=1S/C8H11NO2/c1-3-7-5(2)6(4-9-7)8(10)11/h4,9H,3H2,1-2H3,(H,10,11). The molecule has 1 heterocycles. The molecule has 0 aliphatic heterocycles. The van der Waals surface area contributed by atoms with Crippen molar-refractivity contribution in [1.82, 2.24) is 4.98 Å². The summed E-state index contributed by atoms with van der Waals surface area (Å²) in [5, 5.41) is 8.65. The van der Waals surface area contributed by atoms with Crippen molar-refractivity contribution in [3.8, 4) is 0 Å². The van der Waals surface area contributed by atoms with Crippen LogP contribution in [0.2, 0.25) is 0 Å². The first kappa shape index (κ1) is 7.85. The van der Waals surface area contributed by atoms with Gasteiger partial charge in [0, 0.05) is 11.9 Å². The lowest BCUT2D eigenvalue weighted by molar-refractivity contribution is 0.0696. The minimum absolute atomic E-state index is 0.377. The van der Waals surface area contributed by atoms with E-state index in [-0.39, 0.29) is 0 Å². The number of hydrogen-bond donors (Lipinski definition) is 2. The van der Waals surface area contributed by atoms with Crippen LogP contribution in [0, 0.1) is 6.92 Å². The Labute approximate surface area is 65.1 Å². The zero-order valence-corrected chi connectivity index (χ0v) is 6.64. The third-order valence-corrected chi connectivity index (χ3v) is 1.83. The van der Waals surface area contributed by atoms with E-state index >= 15 is 0 Å². The number of H-pyrrole nitrogens is 1. The second-order valence-electron chi connectivity index (χ2n) is 2.46. The molecule has 0 aliphatic carbocycles. The highest BCUT2D eigenvalue weighted by molar-refractivity contribution is 5.89. The van der Waals surface area contributed by atoms with E-state index in [1.54, 1.807) is 0 Å². The first-order chi connectivity index (χ1) is 5.16. The Balaban J connectivity index is 3.10. The SMILES string of the molecule is CCc1[nH]cc(C(=O)O)c1C. The second-order valence-corrected chi connectivity index (χ2v) is 2.46. The Kier molecular flexibility index (Phi) is 1.98. The lowest BCUT2D eigenvalue weighted by Gasteiger charge is -1.93. The van der Waals surface area contributed by atoms with Gasteiger partial charge in [-0.25, -0.2) is 4.79 Å². The maximum atomic E-state index is 10.5. The third-order valence-electron chi connectivity index (χ3n) is 1.83. The number of aromatic nitrogens is 1. The van der Waals surface area contributed by atoms with Crippen LogP contribution in [0.5, 0.6) is 0 Å². The summed E-state index contributed by atoms with van der Waals surface area (Å²) in [5.74, 6) is -0.863. The molecule has 11 heavy (non-hydrogen) atoms. The topological polar surface area (TPSA) is 53.1 Å². The summed E-state index contributed by atoms with van der Waals surface area (Å²) < 4.78 is 0. The quantitative estimate of drug-likeness (QED) is 0.677. The normalized spacial score (nSPS) is 10.0. The van der Waals surface area contributed by atoms with Gasteiger partial charge in [-0.1, -0.05) is 6.92 Å². The van der Waals surface area contributed by atoms with Crippen LogP contribution in [-0.4, -0.2) is 16.1 Å². The average molecular weight is 153 g/mol. The van der Waals surface area contributed by atoms with Crippen molar-refractivity contribution < 1.29 is 9.90 Å². The maximum Gasteiger partial charge on any atom is 0.337 e. The van der Waals surface area contributed by atoms with Gasteiger partial charge in [0.1, 0.15) is 0 Å². The number of aryl methyl sites for hydroxylation is 1. The van der Waals surface area contributed by atoms with Gasteiger partial charge in [0.2, 0.25) is 0 Å². The van der Waals surface area contributed by atoms with Crippen molar-refractivity contribution >= 4 is 5.97 Å². The molecule has 1 rings (SSSR count). The zero-order chi connectivity index (χ0) is 8.43. The molecule has 1 aromatic heterocycles. The molecule has 0 bridgehead atoms. The number of carboxylic acids is 1. The molecule has 0 aromatic carbocycles. The minimum atomic E-state index is -0.863. The van der Waals surface area contributed by atoms with Crippen molar-refractivity contribution in [2.75, 3.05) is 0 Å². The summed E-state index contributed by atoms with van der Waals surface area (Å²) >= 11 is 0. The van der Waals surface area contributed by atoms with Gasteiger partial charge in [0.25, 0.3) is 0 Å². The molecule has 0 fully saturated rings. The molecule has 0 atom stereocenters. The van der Waals surface area contributed by atoms with Crippen LogP contribution < -0.4 is 0 Å². The Bertz CT molecular complexity index is 276. The molecule has 0 unspecified atom stereocenters. The highest BCUT2D eigenvalue weighted by Gasteiger charge is 2.10. The van der Waals surface area contributed by atoms with E-state index in [0.29, 0.717) is 5.56 Å². The van der Waals surface area contributed by atoms with Gasteiger partial charge >= 0.3 is 5.97 Å². The number of nitrogens with one attached hydrogen (secondary N) is 1. The van der Waals surface area contributed by atoms with Crippen molar-refractivity contribution in [2.24, 2.45) is 0 Å². The highest BCUT2D eigenvalue weighted by atomic mass is 16.4. The van der Waals surface area contributed by atoms with E-state index in [9.17, 15) is 4.79 Å². The summed E-state index contributed by atoms with van der Waals surface area (Å²) in [7, 11) is 0. The first-order valence-electron chi connectivity index (χ1n) is 3.57. The van der Waals surface area contributed by atoms with Crippen LogP contribution >= 0.6 is 0 Å². The van der Waals surface area contributed by atoms with E-state index in [2.05, 4.69) is 4.98 Å². The molecule has 60 valence electrons. The monoisotopic (exact) mass is 153 g/mol. The fraction of sp³-hybridized carbons (Fsp3) is 0.375. The summed E-state index contributed by atoms with van der Waals surface area (Å²) in [5.41, 5.74) is 2.23. The van der Waals surface area contributed by atoms with Crippen molar-refractivity contribution in [3.63, 3.8) is 0 Å². The van der Waals surface area contributed by atoms with Crippen LogP contribution in [0.25, 0.3) is 0 Å². The van der Waals surface area contributed by atoms with E-state index in [1.165, 1.54) is 6.20 Å². The Hall–Kier alpha value is -1.25. The highest BCUT2D eigenvalue weighted by Crippen LogP contribution is 2.12. The largest absolute Gasteiger partial charge is 0.478 e. The molecular weight excluding hydrogens is 142 g/mol. The van der Waals surface area contributed by atoms with Gasteiger partial charge in [0.05, 0.1) is 5.56 Å². The summed E-state index contributed by atoms with van der Waals surface area (Å²) in [6.07, 6.45) is 2.38. The maximum absolute atomic E-state index is 10.5. The molecule has 0 saturated carbocycles. The van der Waals surface area contributed by atoms with Crippen LogP contribution in [0.15, 0.2) is 6.20 Å². The van der Waals surface area contributed by atoms with Crippen LogP contribution in [0.4, 0.5) is 0 Å². The predicted molar refractivity (Wildman–Crippen MR) is 41.9 cm³/mol. The van der Waals surface area contributed by atoms with Gasteiger partial charge in [-0.05, 0) is 18.9 Å². The van der Waals surface area contributed by atoms with E-state index in [1.807, 2.05) is 13.8 Å². The van der Waals surface area contributed by atoms with Crippen LogP contribution in [0.1, 0.15) is 28.5 Å². The predicted octanol–water partition coefficient (Wildman–Crippen LogP) is 1.58. The molecule has 0 spiro atoms. The molecule has 0 amide bonds. The minimum Gasteiger partial charge on any atom is -0.478 e. The van der Waals surface area contributed by atoms with Crippen molar-refractivity contribution in [3.05, 3.63) is 23.0 Å². The average Bonchev–Trinajstić information content (AvgIpc) is 2.30. The number of hydrogen-bond acceptors (Lipinski definition) is 1. The zero-order valence-electron chi connectivity index (χ0n) is 6.64. The number of aromatic amines is 1. The van der Waals surface area contributed by atoms with Gasteiger partial charge in [-0.2, -0.15) is 0 Å². The summed E-state index contributed by atoms with van der Waals surface area (Å²) in [6.45, 7) is 3.81. The lowest BCUT2D eigenvalue weighted by Crippen LogP contribution is -1.96. The fourth-order valence-corrected chi connectivity index (χ4v) is 1.13. The molecular formula is C8H11NO2. The first-order valence-corrected chi connectivity index (χ1v) is 3.57. The van der Waals surface area contributed by atoms with Gasteiger partial charge in [-0.15, -0.1) is 0 Å². The molecule has 3 nitrogen and oxygen atoms in total. The summed E-state index contributed by atoms with van der Waals surface area (Å²) in [6, 6.07) is 0. The van der Waals surface area contributed by atoms with E-state index in [4.69, 9.17) is 5.11 Å². The van der Waals surface area contributed by atoms with Gasteiger partial charge in [0.15, 0.2) is 0 Å². The molecule has 2 N–H and O–H groups in total. The van der Waals surface area contributed by atoms with Crippen molar-refractivity contribution in [1.29, 1.82) is 0 Å². The molecule has 0 saturated heterocycles. The van der Waals surface area contributed by atoms with Crippen LogP contribution in [0.3, 0.4) is 0 Å². The molecule has 0 aliphatic rings. The van der Waals surface area contributed by atoms with Crippen LogP contribution in [-0.2, 0) is 6.42 Å². The smallest absolute Gasteiger partial charge is 0.337 e. The number of aromatic carboxylic acids is 1. The Morgan fingerprint density at radius 1 is 1.73 bits per heavy atom.